The Labute approximate surface area is 211 Å². The van der Waals surface area contributed by atoms with Crippen molar-refractivity contribution in [2.45, 2.75) is 12.8 Å². The number of hydrogen-bond acceptors (Lipinski definition) is 6. The Morgan fingerprint density at radius 1 is 0.811 bits per heavy atom. The van der Waals surface area contributed by atoms with Crippen molar-refractivity contribution in [3.05, 3.63) is 83.9 Å². The number of ether oxygens (including phenoxy) is 3. The molecule has 0 saturated carbocycles. The lowest BCUT2D eigenvalue weighted by molar-refractivity contribution is -0.136. The van der Waals surface area contributed by atoms with Crippen molar-refractivity contribution in [1.82, 2.24) is 0 Å². The van der Waals surface area contributed by atoms with Crippen molar-refractivity contribution in [3.8, 4) is 51.0 Å². The average Bonchev–Trinajstić information content (AvgIpc) is 2.87. The minimum absolute atomic E-state index is 0.0717. The Bertz CT molecular complexity index is 1420. The summed E-state index contributed by atoms with van der Waals surface area (Å²) >= 11 is 0. The van der Waals surface area contributed by atoms with Crippen LogP contribution in [-0.2, 0) is 12.8 Å². The minimum atomic E-state index is -4.67. The van der Waals surface area contributed by atoms with Crippen LogP contribution in [0.15, 0.2) is 72.8 Å². The highest BCUT2D eigenvalue weighted by atomic mass is 19.4. The normalized spacial score (nSPS) is 11.3. The molecule has 4 aromatic carbocycles. The van der Waals surface area contributed by atoms with Crippen molar-refractivity contribution in [1.29, 1.82) is 0 Å². The number of benzene rings is 4. The molecule has 0 aliphatic rings. The van der Waals surface area contributed by atoms with Gasteiger partial charge in [0.2, 0.25) is 0 Å². The molecule has 0 atom stereocenters. The first-order chi connectivity index (χ1) is 17.6. The number of nitrogen functional groups attached to an aromatic ring is 1. The fourth-order valence-corrected chi connectivity index (χ4v) is 3.99. The van der Waals surface area contributed by atoms with Crippen LogP contribution in [0.4, 0.5) is 18.9 Å². The van der Waals surface area contributed by atoms with E-state index in [1.165, 1.54) is 32.4 Å². The topological polar surface area (TPSA) is 94.2 Å². The van der Waals surface area contributed by atoms with Gasteiger partial charge in [-0.15, -0.1) is 0 Å². The highest BCUT2D eigenvalue weighted by Crippen LogP contribution is 2.51. The van der Waals surface area contributed by atoms with Crippen LogP contribution in [0.25, 0.3) is 22.3 Å². The van der Waals surface area contributed by atoms with Crippen LogP contribution in [0, 0.1) is 0 Å². The van der Waals surface area contributed by atoms with Gasteiger partial charge in [-0.2, -0.15) is 13.2 Å². The van der Waals surface area contributed by atoms with Crippen molar-refractivity contribution in [3.63, 3.8) is 0 Å². The number of phenolic OH excluding ortho intramolecular Hbond substituents is 2. The first kappa shape index (κ1) is 25.6. The molecule has 4 N–H and O–H groups in total. The van der Waals surface area contributed by atoms with Crippen molar-refractivity contribution < 1.29 is 37.6 Å². The van der Waals surface area contributed by atoms with E-state index in [2.05, 4.69) is 0 Å². The molecule has 6 nitrogen and oxygen atoms in total. The summed E-state index contributed by atoms with van der Waals surface area (Å²) in [6, 6.07) is 18.8. The van der Waals surface area contributed by atoms with E-state index in [-0.39, 0.29) is 52.0 Å². The Balaban J connectivity index is 1.76. The van der Waals surface area contributed by atoms with E-state index in [1.54, 1.807) is 12.1 Å². The number of halogens is 3. The summed E-state index contributed by atoms with van der Waals surface area (Å²) in [6.07, 6.45) is -4.67. The second kappa shape index (κ2) is 10.2. The third-order valence-electron chi connectivity index (χ3n) is 5.80. The van der Waals surface area contributed by atoms with Crippen molar-refractivity contribution >= 4 is 5.69 Å². The van der Waals surface area contributed by atoms with Gasteiger partial charge < -0.3 is 30.2 Å². The van der Waals surface area contributed by atoms with E-state index in [9.17, 15) is 23.4 Å². The number of anilines is 1. The van der Waals surface area contributed by atoms with Crippen molar-refractivity contribution in [2.24, 2.45) is 0 Å². The van der Waals surface area contributed by atoms with E-state index in [1.807, 2.05) is 30.3 Å². The summed E-state index contributed by atoms with van der Waals surface area (Å²) < 4.78 is 56.9. The summed E-state index contributed by atoms with van der Waals surface area (Å²) in [5, 5.41) is 21.7. The maximum atomic E-state index is 13.4. The number of rotatable bonds is 7. The van der Waals surface area contributed by atoms with Gasteiger partial charge in [0, 0.05) is 11.3 Å². The van der Waals surface area contributed by atoms with Gasteiger partial charge in [-0.3, -0.25) is 0 Å². The minimum Gasteiger partial charge on any atom is -0.504 e. The van der Waals surface area contributed by atoms with Gasteiger partial charge in [0.15, 0.2) is 23.0 Å². The number of hydrogen-bond donors (Lipinski definition) is 3. The molecule has 0 aromatic heterocycles. The molecule has 0 aliphatic heterocycles. The van der Waals surface area contributed by atoms with Gasteiger partial charge in [0.1, 0.15) is 12.4 Å². The summed E-state index contributed by atoms with van der Waals surface area (Å²) in [5.41, 5.74) is 5.85. The smallest absolute Gasteiger partial charge is 0.418 e. The maximum absolute atomic E-state index is 13.4. The van der Waals surface area contributed by atoms with Crippen LogP contribution >= 0.6 is 0 Å². The highest BCUT2D eigenvalue weighted by Gasteiger charge is 2.34. The van der Waals surface area contributed by atoms with Crippen LogP contribution in [0.5, 0.6) is 28.7 Å². The molecule has 37 heavy (non-hydrogen) atoms. The molecular weight excluding hydrogens is 487 g/mol. The number of alkyl halides is 3. The number of aromatic hydroxyl groups is 2. The Kier molecular flexibility index (Phi) is 7.06. The molecule has 0 unspecified atom stereocenters. The molecule has 0 radical (unpaired) electrons. The fourth-order valence-electron chi connectivity index (χ4n) is 3.99. The van der Waals surface area contributed by atoms with Gasteiger partial charge >= 0.3 is 6.18 Å². The molecule has 4 rings (SSSR count). The zero-order valence-corrected chi connectivity index (χ0v) is 20.0. The molecule has 0 amide bonds. The molecular formula is C28H24F3NO5. The first-order valence-corrected chi connectivity index (χ1v) is 11.1. The lowest BCUT2D eigenvalue weighted by Crippen LogP contribution is -2.09. The number of methoxy groups -OCH3 is 2. The second-order valence-electron chi connectivity index (χ2n) is 8.14. The van der Waals surface area contributed by atoms with Gasteiger partial charge in [-0.25, -0.2) is 0 Å². The quantitative estimate of drug-likeness (QED) is 0.241. The van der Waals surface area contributed by atoms with Crippen LogP contribution in [0.2, 0.25) is 0 Å². The van der Waals surface area contributed by atoms with E-state index in [4.69, 9.17) is 19.9 Å². The maximum Gasteiger partial charge on any atom is 0.418 e. The molecule has 0 aliphatic carbocycles. The predicted molar refractivity (Wildman–Crippen MR) is 134 cm³/mol. The molecule has 9 heteroatoms. The summed E-state index contributed by atoms with van der Waals surface area (Å²) in [4.78, 5) is 0. The van der Waals surface area contributed by atoms with E-state index in [0.717, 1.165) is 17.7 Å². The molecule has 0 heterocycles. The zero-order chi connectivity index (χ0) is 26.7. The summed E-state index contributed by atoms with van der Waals surface area (Å²) in [5.74, 6) is -0.240. The van der Waals surface area contributed by atoms with E-state index in [0.29, 0.717) is 5.56 Å². The molecule has 0 fully saturated rings. The molecule has 0 spiro atoms. The third kappa shape index (κ3) is 5.20. The fraction of sp³-hybridized carbons (Fsp3) is 0.143. The lowest BCUT2D eigenvalue weighted by Gasteiger charge is -2.19. The second-order valence-corrected chi connectivity index (χ2v) is 8.14. The van der Waals surface area contributed by atoms with Crippen LogP contribution in [0.3, 0.4) is 0 Å². The Morgan fingerprint density at radius 2 is 1.51 bits per heavy atom. The summed E-state index contributed by atoms with van der Waals surface area (Å²) in [7, 11) is 2.64. The molecule has 0 bridgehead atoms. The van der Waals surface area contributed by atoms with E-state index < -0.39 is 17.4 Å². The number of nitrogens with two attached hydrogens (primary N) is 1. The SMILES string of the molecule is COc1cc(-c2ccc(N)c(C(F)(F)F)c2)c(OC)c(O)c1-c1ccc(OCc2ccccc2)c(O)c1. The zero-order valence-electron chi connectivity index (χ0n) is 20.0. The Morgan fingerprint density at radius 3 is 2.14 bits per heavy atom. The van der Waals surface area contributed by atoms with Crippen LogP contribution in [0.1, 0.15) is 11.1 Å². The van der Waals surface area contributed by atoms with Crippen LogP contribution < -0.4 is 19.9 Å². The lowest BCUT2D eigenvalue weighted by atomic mass is 9.95. The Hall–Kier alpha value is -4.53. The van der Waals surface area contributed by atoms with Crippen LogP contribution in [-0.4, -0.2) is 24.4 Å². The van der Waals surface area contributed by atoms with Gasteiger partial charge in [0.05, 0.1) is 25.3 Å². The van der Waals surface area contributed by atoms with Crippen molar-refractivity contribution in [2.75, 3.05) is 20.0 Å². The van der Waals surface area contributed by atoms with Gasteiger partial charge in [-0.05, 0) is 47.0 Å². The predicted octanol–water partition coefficient (Wildman–Crippen LogP) is 6.63. The largest absolute Gasteiger partial charge is 0.504 e. The van der Waals surface area contributed by atoms with E-state index >= 15 is 0 Å². The average molecular weight is 511 g/mol. The van der Waals surface area contributed by atoms with Gasteiger partial charge in [-0.1, -0.05) is 42.5 Å². The highest BCUT2D eigenvalue weighted by molar-refractivity contribution is 5.88. The molecule has 192 valence electrons. The molecule has 4 aromatic rings. The molecule has 0 saturated heterocycles. The third-order valence-corrected chi connectivity index (χ3v) is 5.80. The van der Waals surface area contributed by atoms with Gasteiger partial charge in [0.25, 0.3) is 0 Å². The summed E-state index contributed by atoms with van der Waals surface area (Å²) in [6.45, 7) is 0.242. The number of phenols is 2. The standard InChI is InChI=1S/C28H24F3NO5/c1-35-24-14-19(17-8-10-21(32)20(12-17)28(29,30)31)27(36-2)26(34)25(24)18-9-11-23(22(33)13-18)37-15-16-6-4-3-5-7-16/h3-14,33-34H,15,32H2,1-2H3. The first-order valence-electron chi connectivity index (χ1n) is 11.1. The monoisotopic (exact) mass is 511 g/mol.